The fourth-order valence-electron chi connectivity index (χ4n) is 2.72. The van der Waals surface area contributed by atoms with Gasteiger partial charge in [-0.05, 0) is 50.2 Å². The molecule has 0 bridgehead atoms. The van der Waals surface area contributed by atoms with Gasteiger partial charge in [-0.2, -0.15) is 0 Å². The summed E-state index contributed by atoms with van der Waals surface area (Å²) in [4.78, 5) is 4.24. The molecule has 1 aromatic rings. The van der Waals surface area contributed by atoms with Crippen LogP contribution in [0.4, 0.5) is 11.5 Å². The topological polar surface area (TPSA) is 71.2 Å². The van der Waals surface area contributed by atoms with E-state index in [-0.39, 0.29) is 0 Å². The second-order valence-corrected chi connectivity index (χ2v) is 5.86. The van der Waals surface area contributed by atoms with Crippen LogP contribution in [0, 0.1) is 12.8 Å². The molecule has 1 aliphatic rings. The zero-order valence-corrected chi connectivity index (χ0v) is 11.9. The molecule has 1 aliphatic carbocycles. The third kappa shape index (κ3) is 3.60. The minimum atomic E-state index is -0.581. The molecule has 4 N–H and O–H groups in total. The van der Waals surface area contributed by atoms with Gasteiger partial charge in [-0.25, -0.2) is 4.98 Å². The van der Waals surface area contributed by atoms with Crippen molar-refractivity contribution >= 4 is 11.5 Å². The van der Waals surface area contributed by atoms with Gasteiger partial charge in [-0.3, -0.25) is 0 Å². The third-order valence-corrected chi connectivity index (χ3v) is 4.36. The van der Waals surface area contributed by atoms with Crippen LogP contribution in [0.25, 0.3) is 0 Å². The van der Waals surface area contributed by atoms with Crippen molar-refractivity contribution in [2.24, 2.45) is 5.92 Å². The Morgan fingerprint density at radius 3 is 2.74 bits per heavy atom. The van der Waals surface area contributed by atoms with Crippen LogP contribution >= 0.6 is 0 Å². The van der Waals surface area contributed by atoms with Crippen molar-refractivity contribution < 1.29 is 5.11 Å². The molecule has 1 aromatic heterocycles. The number of nitrogen functional groups attached to an aromatic ring is 1. The lowest BCUT2D eigenvalue weighted by molar-refractivity contribution is 0.00223. The van der Waals surface area contributed by atoms with Gasteiger partial charge in [0.2, 0.25) is 0 Å². The average Bonchev–Trinajstić information content (AvgIpc) is 2.41. The van der Waals surface area contributed by atoms with Crippen molar-refractivity contribution in [3.05, 3.63) is 17.8 Å². The van der Waals surface area contributed by atoms with Crippen LogP contribution in [-0.2, 0) is 0 Å². The first kappa shape index (κ1) is 14.1. The van der Waals surface area contributed by atoms with E-state index in [2.05, 4.69) is 17.2 Å². The number of hydrogen-bond acceptors (Lipinski definition) is 4. The monoisotopic (exact) mass is 263 g/mol. The molecule has 4 nitrogen and oxygen atoms in total. The quantitative estimate of drug-likeness (QED) is 0.781. The first-order valence-electron chi connectivity index (χ1n) is 7.21. The predicted molar refractivity (Wildman–Crippen MR) is 79.1 cm³/mol. The molecular weight excluding hydrogens is 238 g/mol. The van der Waals surface area contributed by atoms with Crippen LogP contribution < -0.4 is 11.1 Å². The van der Waals surface area contributed by atoms with E-state index >= 15 is 0 Å². The lowest BCUT2D eigenvalue weighted by Gasteiger charge is -2.36. The Balaban J connectivity index is 1.89. The van der Waals surface area contributed by atoms with E-state index in [1.165, 1.54) is 6.42 Å². The summed E-state index contributed by atoms with van der Waals surface area (Å²) in [6.07, 6.45) is 6.91. The van der Waals surface area contributed by atoms with Crippen LogP contribution in [0.3, 0.4) is 0 Å². The summed E-state index contributed by atoms with van der Waals surface area (Å²) in [5, 5.41) is 13.8. The van der Waals surface area contributed by atoms with Gasteiger partial charge in [0.05, 0.1) is 17.5 Å². The molecule has 0 spiro atoms. The Morgan fingerprint density at radius 2 is 2.16 bits per heavy atom. The van der Waals surface area contributed by atoms with Gasteiger partial charge in [0, 0.05) is 6.54 Å². The van der Waals surface area contributed by atoms with Gasteiger partial charge in [0.15, 0.2) is 0 Å². The number of aryl methyl sites for hydroxylation is 1. The smallest absolute Gasteiger partial charge is 0.126 e. The molecule has 0 atom stereocenters. The van der Waals surface area contributed by atoms with Crippen LogP contribution in [-0.4, -0.2) is 22.2 Å². The first-order chi connectivity index (χ1) is 9.02. The zero-order valence-electron chi connectivity index (χ0n) is 11.9. The number of nitrogens with zero attached hydrogens (tertiary/aromatic N) is 1. The highest BCUT2D eigenvalue weighted by Crippen LogP contribution is 2.33. The second-order valence-electron chi connectivity index (χ2n) is 5.86. The summed E-state index contributed by atoms with van der Waals surface area (Å²) in [5.74, 6) is 1.58. The number of hydrogen-bond donors (Lipinski definition) is 3. The fourth-order valence-corrected chi connectivity index (χ4v) is 2.72. The van der Waals surface area contributed by atoms with E-state index in [1.807, 2.05) is 13.0 Å². The van der Waals surface area contributed by atoms with E-state index < -0.39 is 5.60 Å². The van der Waals surface area contributed by atoms with E-state index in [0.29, 0.717) is 12.2 Å². The number of aromatic nitrogens is 1. The van der Waals surface area contributed by atoms with Gasteiger partial charge in [0.1, 0.15) is 5.82 Å². The molecule has 2 rings (SSSR count). The number of pyridine rings is 1. The van der Waals surface area contributed by atoms with Crippen molar-refractivity contribution in [1.82, 2.24) is 4.98 Å². The number of nitrogens with one attached hydrogen (secondary N) is 1. The SMILES string of the molecule is CCC1CCC(O)(CNc2cc(C)c(N)cn2)CC1. The van der Waals surface area contributed by atoms with Crippen LogP contribution in [0.5, 0.6) is 0 Å². The largest absolute Gasteiger partial charge is 0.397 e. The Kier molecular flexibility index (Phi) is 4.30. The third-order valence-electron chi connectivity index (χ3n) is 4.36. The highest BCUT2D eigenvalue weighted by Gasteiger charge is 2.32. The number of aliphatic hydroxyl groups is 1. The van der Waals surface area contributed by atoms with Crippen molar-refractivity contribution in [3.63, 3.8) is 0 Å². The van der Waals surface area contributed by atoms with Crippen LogP contribution in [0.1, 0.15) is 44.6 Å². The highest BCUT2D eigenvalue weighted by atomic mass is 16.3. The number of anilines is 2. The molecule has 4 heteroatoms. The number of nitrogens with two attached hydrogens (primary N) is 1. The second kappa shape index (κ2) is 5.78. The van der Waals surface area contributed by atoms with Crippen LogP contribution in [0.2, 0.25) is 0 Å². The zero-order chi connectivity index (χ0) is 13.9. The maximum Gasteiger partial charge on any atom is 0.126 e. The fraction of sp³-hybridized carbons (Fsp3) is 0.667. The minimum Gasteiger partial charge on any atom is -0.397 e. The van der Waals surface area contributed by atoms with Crippen LogP contribution in [0.15, 0.2) is 12.3 Å². The molecule has 0 saturated heterocycles. The maximum atomic E-state index is 10.6. The molecule has 0 amide bonds. The Morgan fingerprint density at radius 1 is 1.47 bits per heavy atom. The molecule has 19 heavy (non-hydrogen) atoms. The Labute approximate surface area is 115 Å². The van der Waals surface area contributed by atoms with Crippen molar-refractivity contribution in [2.45, 2.75) is 51.6 Å². The molecule has 0 aliphatic heterocycles. The Bertz CT molecular complexity index is 425. The van der Waals surface area contributed by atoms with E-state index in [9.17, 15) is 5.11 Å². The molecule has 1 heterocycles. The summed E-state index contributed by atoms with van der Waals surface area (Å²) in [6, 6.07) is 1.93. The van der Waals surface area contributed by atoms with Gasteiger partial charge in [-0.1, -0.05) is 13.3 Å². The molecular formula is C15H25N3O. The lowest BCUT2D eigenvalue weighted by atomic mass is 9.78. The summed E-state index contributed by atoms with van der Waals surface area (Å²) in [7, 11) is 0. The predicted octanol–water partition coefficient (Wildman–Crippen LogP) is 2.72. The van der Waals surface area contributed by atoms with Gasteiger partial charge in [0.25, 0.3) is 0 Å². The summed E-state index contributed by atoms with van der Waals surface area (Å²) in [6.45, 7) is 4.76. The molecule has 0 radical (unpaired) electrons. The average molecular weight is 263 g/mol. The summed E-state index contributed by atoms with van der Waals surface area (Å²) in [5.41, 5.74) is 6.88. The van der Waals surface area contributed by atoms with E-state index in [1.54, 1.807) is 6.20 Å². The van der Waals surface area contributed by atoms with Crippen molar-refractivity contribution in [2.75, 3.05) is 17.6 Å². The lowest BCUT2D eigenvalue weighted by Crippen LogP contribution is -2.40. The summed E-state index contributed by atoms with van der Waals surface area (Å²) < 4.78 is 0. The first-order valence-corrected chi connectivity index (χ1v) is 7.21. The van der Waals surface area contributed by atoms with E-state index in [4.69, 9.17) is 5.73 Å². The van der Waals surface area contributed by atoms with E-state index in [0.717, 1.165) is 43.0 Å². The molecule has 1 fully saturated rings. The standard InChI is InChI=1S/C15H25N3O/c1-3-12-4-6-15(19,7-5-12)10-18-14-8-11(2)13(16)9-17-14/h8-9,12,19H,3-7,10,16H2,1-2H3,(H,17,18). The van der Waals surface area contributed by atoms with Gasteiger partial charge < -0.3 is 16.2 Å². The molecule has 0 unspecified atom stereocenters. The normalized spacial score (nSPS) is 27.2. The van der Waals surface area contributed by atoms with Crippen molar-refractivity contribution in [1.29, 1.82) is 0 Å². The van der Waals surface area contributed by atoms with Crippen molar-refractivity contribution in [3.8, 4) is 0 Å². The van der Waals surface area contributed by atoms with Gasteiger partial charge >= 0.3 is 0 Å². The minimum absolute atomic E-state index is 0.569. The Hall–Kier alpha value is -1.29. The summed E-state index contributed by atoms with van der Waals surface area (Å²) >= 11 is 0. The molecule has 106 valence electrons. The molecule has 0 aromatic carbocycles. The number of rotatable bonds is 4. The molecule has 1 saturated carbocycles. The highest BCUT2D eigenvalue weighted by molar-refractivity contribution is 5.50. The van der Waals surface area contributed by atoms with Gasteiger partial charge in [-0.15, -0.1) is 0 Å². The maximum absolute atomic E-state index is 10.6.